The molecule has 0 spiro atoms. The predicted molar refractivity (Wildman–Crippen MR) is 312 cm³/mol. The van der Waals surface area contributed by atoms with E-state index in [-0.39, 0.29) is 0 Å². The lowest BCUT2D eigenvalue weighted by Crippen LogP contribution is -2.11. The molecule has 13 aromatic carbocycles. The van der Waals surface area contributed by atoms with Crippen LogP contribution in [0.5, 0.6) is 0 Å². The molecule has 0 saturated heterocycles. The molecule has 0 N–H and O–H groups in total. The number of nitrogens with zero attached hydrogens (tertiary/aromatic N) is 2. The standard InChI is InChI=1S/C70H56N2/c1-41-25-29-51(37-45(41)5)71(52-30-26-42(2)46(6)38-52)61-35-33-59-65-55(61)21-15-23-57(65)67-63(49-17-11-9-12-18-49)68-58-24-16-22-56-62(36-34-60(66(56)58)70(68)64(69(59)67)50-19-13-10-14-20-50)72(53-31-27-43(3)47(7)39-53)54-32-28-44(4)48(8)40-54/h9-40H,1-8H3. The molecule has 0 aromatic heterocycles. The lowest BCUT2D eigenvalue weighted by atomic mass is 9.87. The molecule has 13 aromatic rings. The van der Waals surface area contributed by atoms with Crippen molar-refractivity contribution in [2.45, 2.75) is 55.4 Å². The zero-order chi connectivity index (χ0) is 49.1. The number of aryl methyl sites for hydroxylation is 8. The molecule has 0 bridgehead atoms. The van der Waals surface area contributed by atoms with Crippen LogP contribution in [0.1, 0.15) is 44.5 Å². The van der Waals surface area contributed by atoms with E-state index >= 15 is 0 Å². The molecule has 0 fully saturated rings. The summed E-state index contributed by atoms with van der Waals surface area (Å²) < 4.78 is 0. The minimum absolute atomic E-state index is 1.16. The van der Waals surface area contributed by atoms with E-state index in [9.17, 15) is 0 Å². The third-order valence-corrected chi connectivity index (χ3v) is 16.2. The second-order valence-electron chi connectivity index (χ2n) is 20.4. The van der Waals surface area contributed by atoms with Gasteiger partial charge in [-0.2, -0.15) is 0 Å². The highest BCUT2D eigenvalue weighted by molar-refractivity contribution is 6.47. The molecule has 0 aliphatic carbocycles. The first-order valence-electron chi connectivity index (χ1n) is 25.4. The van der Waals surface area contributed by atoms with Gasteiger partial charge in [0.15, 0.2) is 0 Å². The van der Waals surface area contributed by atoms with E-state index in [4.69, 9.17) is 0 Å². The fourth-order valence-electron chi connectivity index (χ4n) is 11.9. The molecule has 2 nitrogen and oxygen atoms in total. The van der Waals surface area contributed by atoms with Gasteiger partial charge < -0.3 is 9.80 Å². The summed E-state index contributed by atoms with van der Waals surface area (Å²) in [7, 11) is 0. The van der Waals surface area contributed by atoms with E-state index in [1.54, 1.807) is 0 Å². The topological polar surface area (TPSA) is 6.48 Å². The maximum absolute atomic E-state index is 2.48. The average molecular weight is 925 g/mol. The van der Waals surface area contributed by atoms with E-state index < -0.39 is 0 Å². The average Bonchev–Trinajstić information content (AvgIpc) is 3.91. The molecule has 72 heavy (non-hydrogen) atoms. The number of hydrogen-bond acceptors (Lipinski definition) is 2. The smallest absolute Gasteiger partial charge is 0.0540 e. The molecule has 0 amide bonds. The van der Waals surface area contributed by atoms with Crippen molar-refractivity contribution in [1.29, 1.82) is 0 Å². The summed E-state index contributed by atoms with van der Waals surface area (Å²) in [5, 5.41) is 15.4. The first-order chi connectivity index (χ1) is 35.0. The number of hydrogen-bond donors (Lipinski definition) is 0. The van der Waals surface area contributed by atoms with Crippen LogP contribution in [0.15, 0.2) is 194 Å². The van der Waals surface area contributed by atoms with Crippen LogP contribution >= 0.6 is 0 Å². The van der Waals surface area contributed by atoms with Crippen LogP contribution in [0.4, 0.5) is 34.1 Å². The lowest BCUT2D eigenvalue weighted by molar-refractivity contribution is 1.24. The fourth-order valence-corrected chi connectivity index (χ4v) is 11.9. The lowest BCUT2D eigenvalue weighted by Gasteiger charge is -2.28. The monoisotopic (exact) mass is 924 g/mol. The van der Waals surface area contributed by atoms with Crippen molar-refractivity contribution >= 4 is 98.8 Å². The first kappa shape index (κ1) is 43.6. The molecule has 0 radical (unpaired) electrons. The van der Waals surface area contributed by atoms with Gasteiger partial charge in [0, 0.05) is 33.5 Å². The molecule has 346 valence electrons. The zero-order valence-electron chi connectivity index (χ0n) is 42.4. The van der Waals surface area contributed by atoms with Crippen molar-refractivity contribution in [2.24, 2.45) is 0 Å². The van der Waals surface area contributed by atoms with Gasteiger partial charge in [0.25, 0.3) is 0 Å². The van der Waals surface area contributed by atoms with Crippen LogP contribution < -0.4 is 9.80 Å². The molecule has 0 atom stereocenters. The van der Waals surface area contributed by atoms with Gasteiger partial charge in [0.2, 0.25) is 0 Å². The molecule has 0 aliphatic heterocycles. The molecule has 0 heterocycles. The third kappa shape index (κ3) is 6.55. The van der Waals surface area contributed by atoms with Gasteiger partial charge >= 0.3 is 0 Å². The SMILES string of the molecule is Cc1ccc(N(c2ccc(C)c(C)c2)c2ccc3c4c(-c5ccccc5)c5c6ccc(N(c7ccc(C)c(C)c7)c7ccc(C)c(C)c7)c7cccc(c5c(-c5ccccc5)c4c4cccc2c43)c76)cc1C. The summed E-state index contributed by atoms with van der Waals surface area (Å²) in [4.78, 5) is 4.96. The Hall–Kier alpha value is -8.46. The molecular weight excluding hydrogens is 869 g/mol. The Labute approximate surface area is 422 Å². The molecule has 2 heteroatoms. The highest BCUT2D eigenvalue weighted by atomic mass is 15.1. The predicted octanol–water partition coefficient (Wildman–Crippen LogP) is 20.2. The molecule has 13 rings (SSSR count). The van der Waals surface area contributed by atoms with E-state index in [1.165, 1.54) is 143 Å². The Morgan fingerprint density at radius 3 is 0.819 bits per heavy atom. The second kappa shape index (κ2) is 16.6. The largest absolute Gasteiger partial charge is 0.310 e. The van der Waals surface area contributed by atoms with E-state index in [2.05, 4.69) is 259 Å². The van der Waals surface area contributed by atoms with Crippen LogP contribution in [-0.4, -0.2) is 0 Å². The normalized spacial score (nSPS) is 11.9. The Morgan fingerprint density at radius 1 is 0.222 bits per heavy atom. The van der Waals surface area contributed by atoms with Gasteiger partial charge in [-0.15, -0.1) is 0 Å². The van der Waals surface area contributed by atoms with Gasteiger partial charge in [-0.1, -0.05) is 133 Å². The highest BCUT2D eigenvalue weighted by Crippen LogP contribution is 2.58. The first-order valence-corrected chi connectivity index (χ1v) is 25.4. The van der Waals surface area contributed by atoms with Crippen molar-refractivity contribution in [1.82, 2.24) is 0 Å². The Morgan fingerprint density at radius 2 is 0.514 bits per heavy atom. The quantitative estimate of drug-likeness (QED) is 0.150. The summed E-state index contributed by atoms with van der Waals surface area (Å²) in [6.45, 7) is 17.7. The van der Waals surface area contributed by atoms with Crippen LogP contribution in [0.2, 0.25) is 0 Å². The summed E-state index contributed by atoms with van der Waals surface area (Å²) in [5.74, 6) is 0. The van der Waals surface area contributed by atoms with Crippen LogP contribution in [0, 0.1) is 55.4 Å². The summed E-state index contributed by atoms with van der Waals surface area (Å²) in [6.07, 6.45) is 0. The molecule has 0 unspecified atom stereocenters. The third-order valence-electron chi connectivity index (χ3n) is 16.2. The van der Waals surface area contributed by atoms with Crippen molar-refractivity contribution < 1.29 is 0 Å². The van der Waals surface area contributed by atoms with Crippen molar-refractivity contribution in [3.05, 3.63) is 239 Å². The minimum Gasteiger partial charge on any atom is -0.310 e. The number of benzene rings is 11. The summed E-state index contributed by atoms with van der Waals surface area (Å²) >= 11 is 0. The highest BCUT2D eigenvalue weighted by Gasteiger charge is 2.30. The Kier molecular flexibility index (Phi) is 10.0. The maximum atomic E-state index is 2.48. The minimum atomic E-state index is 1.16. The number of rotatable bonds is 8. The Bertz CT molecular complexity index is 3860. The second-order valence-corrected chi connectivity index (χ2v) is 20.4. The number of anilines is 6. The molecular formula is C70H56N2. The summed E-state index contributed by atoms with van der Waals surface area (Å²) in [5.41, 5.74) is 22.3. The van der Waals surface area contributed by atoms with E-state index in [0.717, 1.165) is 22.7 Å². The van der Waals surface area contributed by atoms with Crippen molar-refractivity contribution in [3.63, 3.8) is 0 Å². The van der Waals surface area contributed by atoms with Gasteiger partial charge in [0.1, 0.15) is 0 Å². The van der Waals surface area contributed by atoms with Crippen molar-refractivity contribution in [2.75, 3.05) is 9.80 Å². The van der Waals surface area contributed by atoms with Crippen LogP contribution in [0.3, 0.4) is 0 Å². The van der Waals surface area contributed by atoms with Gasteiger partial charge in [-0.05, 0) is 237 Å². The zero-order valence-corrected chi connectivity index (χ0v) is 42.4. The molecule has 0 saturated carbocycles. The summed E-state index contributed by atoms with van der Waals surface area (Å²) in [6, 6.07) is 73.7. The van der Waals surface area contributed by atoms with Gasteiger partial charge in [-0.3, -0.25) is 0 Å². The molecule has 0 aliphatic rings. The van der Waals surface area contributed by atoms with E-state index in [0.29, 0.717) is 0 Å². The maximum Gasteiger partial charge on any atom is 0.0540 e. The Balaban J connectivity index is 1.18. The van der Waals surface area contributed by atoms with Crippen LogP contribution in [-0.2, 0) is 0 Å². The van der Waals surface area contributed by atoms with Gasteiger partial charge in [0.05, 0.1) is 11.4 Å². The fraction of sp³-hybridized carbons (Fsp3) is 0.114. The van der Waals surface area contributed by atoms with E-state index in [1.807, 2.05) is 0 Å². The van der Waals surface area contributed by atoms with Crippen molar-refractivity contribution in [3.8, 4) is 22.3 Å². The number of fused-ring (bicyclic) bond motifs is 6. The van der Waals surface area contributed by atoms with Crippen LogP contribution in [0.25, 0.3) is 86.9 Å². The van der Waals surface area contributed by atoms with Gasteiger partial charge in [-0.25, -0.2) is 0 Å².